The number of para-hydroxylation sites is 1. The van der Waals surface area contributed by atoms with E-state index in [1.165, 1.54) is 40.2 Å². The van der Waals surface area contributed by atoms with E-state index < -0.39 is 0 Å². The first-order chi connectivity index (χ1) is 12.3. The highest BCUT2D eigenvalue weighted by Crippen LogP contribution is 2.33. The van der Waals surface area contributed by atoms with Crippen molar-refractivity contribution in [3.8, 4) is 0 Å². The van der Waals surface area contributed by atoms with E-state index in [9.17, 15) is 0 Å². The molecular weight excluding hydrogens is 377 g/mol. The highest BCUT2D eigenvalue weighted by Gasteiger charge is 2.22. The molecule has 1 aliphatic rings. The first kappa shape index (κ1) is 22.0. The highest BCUT2D eigenvalue weighted by atomic mass is 35.5. The van der Waals surface area contributed by atoms with Crippen LogP contribution in [0.1, 0.15) is 38.3 Å². The Morgan fingerprint density at radius 3 is 2.33 bits per heavy atom. The van der Waals surface area contributed by atoms with Crippen molar-refractivity contribution in [2.24, 2.45) is 0 Å². The average Bonchev–Trinajstić information content (AvgIpc) is 3.00. The summed E-state index contributed by atoms with van der Waals surface area (Å²) in [6.45, 7) is 10.1. The molecule has 2 aromatic carbocycles. The summed E-state index contributed by atoms with van der Waals surface area (Å²) in [5, 5.41) is 6.28. The number of halogens is 2. The molecule has 1 saturated heterocycles. The van der Waals surface area contributed by atoms with E-state index in [1.54, 1.807) is 0 Å². The number of benzene rings is 2. The summed E-state index contributed by atoms with van der Waals surface area (Å²) in [7, 11) is 0. The minimum atomic E-state index is 0. The van der Waals surface area contributed by atoms with Crippen LogP contribution in [0.25, 0.3) is 21.8 Å². The lowest BCUT2D eigenvalue weighted by Gasteiger charge is -2.35. The molecule has 0 radical (unpaired) electrons. The second kappa shape index (κ2) is 9.79. The molecule has 0 bridgehead atoms. The van der Waals surface area contributed by atoms with Gasteiger partial charge >= 0.3 is 0 Å². The lowest BCUT2D eigenvalue weighted by Crippen LogP contribution is -2.45. The van der Waals surface area contributed by atoms with E-state index in [0.29, 0.717) is 6.04 Å². The van der Waals surface area contributed by atoms with Crippen molar-refractivity contribution in [3.05, 3.63) is 48.0 Å². The van der Waals surface area contributed by atoms with Crippen molar-refractivity contribution in [2.75, 3.05) is 26.2 Å². The van der Waals surface area contributed by atoms with Gasteiger partial charge in [-0.2, -0.15) is 0 Å². The maximum atomic E-state index is 3.48. The summed E-state index contributed by atoms with van der Waals surface area (Å²) < 4.78 is 2.44. The lowest BCUT2D eigenvalue weighted by molar-refractivity contribution is 0.165. The molecule has 1 N–H and O–H groups in total. The van der Waals surface area contributed by atoms with Crippen LogP contribution >= 0.6 is 24.8 Å². The normalized spacial score (nSPS) is 16.1. The van der Waals surface area contributed by atoms with Crippen LogP contribution in [0, 0.1) is 0 Å². The average molecular weight is 408 g/mol. The van der Waals surface area contributed by atoms with Crippen LogP contribution in [0.2, 0.25) is 0 Å². The molecule has 3 nitrogen and oxygen atoms in total. The molecule has 0 amide bonds. The Labute approximate surface area is 174 Å². The quantitative estimate of drug-likeness (QED) is 0.610. The van der Waals surface area contributed by atoms with Gasteiger partial charge in [0.1, 0.15) is 0 Å². The number of hydrogen-bond donors (Lipinski definition) is 1. The second-order valence-corrected chi connectivity index (χ2v) is 7.13. The van der Waals surface area contributed by atoms with Crippen LogP contribution in [0.5, 0.6) is 0 Å². The van der Waals surface area contributed by atoms with Crippen molar-refractivity contribution >= 4 is 46.6 Å². The van der Waals surface area contributed by atoms with E-state index >= 15 is 0 Å². The third-order valence-corrected chi connectivity index (χ3v) is 5.65. The minimum Gasteiger partial charge on any atom is -0.341 e. The number of hydrogen-bond acceptors (Lipinski definition) is 2. The van der Waals surface area contributed by atoms with Crippen LogP contribution in [0.4, 0.5) is 0 Å². The van der Waals surface area contributed by atoms with Gasteiger partial charge in [0.05, 0.1) is 0 Å². The fourth-order valence-electron chi connectivity index (χ4n) is 4.45. The number of piperazine rings is 1. The molecule has 1 atom stereocenters. The van der Waals surface area contributed by atoms with Gasteiger partial charge in [-0.1, -0.05) is 37.6 Å². The number of nitrogens with one attached hydrogen (secondary N) is 1. The van der Waals surface area contributed by atoms with Gasteiger partial charge in [0, 0.05) is 60.6 Å². The second-order valence-electron chi connectivity index (χ2n) is 7.13. The minimum absolute atomic E-state index is 0. The summed E-state index contributed by atoms with van der Waals surface area (Å²) in [4.78, 5) is 2.67. The Morgan fingerprint density at radius 2 is 1.63 bits per heavy atom. The third kappa shape index (κ3) is 4.12. The maximum Gasteiger partial charge on any atom is 0.0491 e. The SMILES string of the molecule is CCC[C@H](c1ccc2c(c1)c1ccccc1n2CC)N1CCNCC1.Cl.Cl. The molecule has 0 saturated carbocycles. The first-order valence-corrected chi connectivity index (χ1v) is 9.79. The third-order valence-electron chi connectivity index (χ3n) is 5.65. The van der Waals surface area contributed by atoms with Crippen LogP contribution < -0.4 is 5.32 Å². The summed E-state index contributed by atoms with van der Waals surface area (Å²) in [6, 6.07) is 16.6. The Hall–Kier alpha value is -1.26. The predicted molar refractivity (Wildman–Crippen MR) is 122 cm³/mol. The van der Waals surface area contributed by atoms with E-state index in [2.05, 4.69) is 71.1 Å². The number of fused-ring (bicyclic) bond motifs is 3. The van der Waals surface area contributed by atoms with Gasteiger partial charge in [-0.25, -0.2) is 0 Å². The number of aromatic nitrogens is 1. The molecule has 1 aliphatic heterocycles. The smallest absolute Gasteiger partial charge is 0.0491 e. The van der Waals surface area contributed by atoms with Gasteiger partial charge in [0.15, 0.2) is 0 Å². The molecular formula is C22H31Cl2N3. The van der Waals surface area contributed by atoms with Crippen LogP contribution in [-0.2, 0) is 6.54 Å². The zero-order chi connectivity index (χ0) is 17.2. The molecule has 0 aliphatic carbocycles. The van der Waals surface area contributed by atoms with Crippen molar-refractivity contribution in [2.45, 2.75) is 39.3 Å². The Balaban J connectivity index is 0.00000131. The summed E-state index contributed by atoms with van der Waals surface area (Å²) in [5.41, 5.74) is 4.20. The topological polar surface area (TPSA) is 20.2 Å². The predicted octanol–water partition coefficient (Wildman–Crippen LogP) is 5.40. The monoisotopic (exact) mass is 407 g/mol. The summed E-state index contributed by atoms with van der Waals surface area (Å²) >= 11 is 0. The zero-order valence-corrected chi connectivity index (χ0v) is 17.9. The van der Waals surface area contributed by atoms with Gasteiger partial charge in [-0.05, 0) is 37.1 Å². The molecule has 2 heterocycles. The molecule has 1 fully saturated rings. The molecule has 4 rings (SSSR count). The zero-order valence-electron chi connectivity index (χ0n) is 16.3. The fourth-order valence-corrected chi connectivity index (χ4v) is 4.45. The molecule has 3 aromatic rings. The van der Waals surface area contributed by atoms with Gasteiger partial charge in [-0.15, -0.1) is 24.8 Å². The molecule has 0 unspecified atom stereocenters. The standard InChI is InChI=1S/C22H29N3.2ClH/c1-3-7-20(24-14-12-23-13-15-24)17-10-11-22-19(16-17)18-8-5-6-9-21(18)25(22)4-2;;/h5-6,8-11,16,20,23H,3-4,7,12-15H2,1-2H3;2*1H/t20-;;/m1../s1. The van der Waals surface area contributed by atoms with E-state index in [-0.39, 0.29) is 24.8 Å². The fraction of sp³-hybridized carbons (Fsp3) is 0.455. The van der Waals surface area contributed by atoms with Crippen molar-refractivity contribution < 1.29 is 0 Å². The highest BCUT2D eigenvalue weighted by molar-refractivity contribution is 6.08. The Bertz CT molecular complexity index is 868. The van der Waals surface area contributed by atoms with Gasteiger partial charge in [0.2, 0.25) is 0 Å². The molecule has 0 spiro atoms. The van der Waals surface area contributed by atoms with Crippen molar-refractivity contribution in [1.82, 2.24) is 14.8 Å². The van der Waals surface area contributed by atoms with E-state index in [1.807, 2.05) is 0 Å². The molecule has 148 valence electrons. The maximum absolute atomic E-state index is 3.48. The Kier molecular flexibility index (Phi) is 7.99. The van der Waals surface area contributed by atoms with Gasteiger partial charge < -0.3 is 9.88 Å². The number of rotatable bonds is 5. The van der Waals surface area contributed by atoms with Crippen molar-refractivity contribution in [3.63, 3.8) is 0 Å². The lowest BCUT2D eigenvalue weighted by atomic mass is 9.98. The molecule has 27 heavy (non-hydrogen) atoms. The summed E-state index contributed by atoms with van der Waals surface area (Å²) in [5.74, 6) is 0. The summed E-state index contributed by atoms with van der Waals surface area (Å²) in [6.07, 6.45) is 2.46. The van der Waals surface area contributed by atoms with Crippen LogP contribution in [0.15, 0.2) is 42.5 Å². The van der Waals surface area contributed by atoms with E-state index in [0.717, 1.165) is 32.7 Å². The van der Waals surface area contributed by atoms with E-state index in [4.69, 9.17) is 0 Å². The van der Waals surface area contributed by atoms with Gasteiger partial charge in [0.25, 0.3) is 0 Å². The Morgan fingerprint density at radius 1 is 0.926 bits per heavy atom. The first-order valence-electron chi connectivity index (χ1n) is 9.79. The number of nitrogens with zero attached hydrogens (tertiary/aromatic N) is 2. The largest absolute Gasteiger partial charge is 0.341 e. The van der Waals surface area contributed by atoms with Crippen LogP contribution in [-0.4, -0.2) is 35.6 Å². The van der Waals surface area contributed by atoms with Gasteiger partial charge in [-0.3, -0.25) is 4.90 Å². The molecule has 5 heteroatoms. The van der Waals surface area contributed by atoms with Crippen LogP contribution in [0.3, 0.4) is 0 Å². The number of aryl methyl sites for hydroxylation is 1. The van der Waals surface area contributed by atoms with Crippen molar-refractivity contribution in [1.29, 1.82) is 0 Å². The molecule has 1 aromatic heterocycles.